The summed E-state index contributed by atoms with van der Waals surface area (Å²) in [5, 5.41) is 4.76. The van der Waals surface area contributed by atoms with Crippen LogP contribution in [0.15, 0.2) is 24.5 Å². The Labute approximate surface area is 165 Å². The van der Waals surface area contributed by atoms with Crippen LogP contribution < -0.4 is 0 Å². The molecule has 8 heteroatoms. The van der Waals surface area contributed by atoms with Gasteiger partial charge in [-0.05, 0) is 43.6 Å². The van der Waals surface area contributed by atoms with Crippen LogP contribution in [0.4, 0.5) is 0 Å². The van der Waals surface area contributed by atoms with Gasteiger partial charge in [-0.15, -0.1) is 0 Å². The molecule has 0 radical (unpaired) electrons. The predicted molar refractivity (Wildman–Crippen MR) is 105 cm³/mol. The summed E-state index contributed by atoms with van der Waals surface area (Å²) in [5.41, 5.74) is 1.09. The van der Waals surface area contributed by atoms with Crippen LogP contribution in [0.2, 0.25) is 0 Å². The number of fused-ring (bicyclic) bond motifs is 1. The van der Waals surface area contributed by atoms with E-state index in [-0.39, 0.29) is 5.97 Å². The van der Waals surface area contributed by atoms with Gasteiger partial charge in [0, 0.05) is 38.4 Å². The first kappa shape index (κ1) is 19.7. The number of carbonyl (C=O) groups excluding carboxylic acids is 1. The molecule has 0 atom stereocenters. The van der Waals surface area contributed by atoms with Crippen molar-refractivity contribution in [2.24, 2.45) is 0 Å². The maximum absolute atomic E-state index is 11.8. The van der Waals surface area contributed by atoms with Crippen molar-refractivity contribution in [3.05, 3.63) is 40.7 Å². The first-order valence-electron chi connectivity index (χ1n) is 9.60. The van der Waals surface area contributed by atoms with Gasteiger partial charge in [0.25, 0.3) is 0 Å². The van der Waals surface area contributed by atoms with Gasteiger partial charge >= 0.3 is 5.97 Å². The standard InChI is InChI=1S/C19H27N5O2S/c1-2-26-18(25)9-12-22(14-16-7-6-10-20-13-16)15-24-19(27)23-11-5-3-4-8-17(23)21-24/h6-7,10,13H,2-5,8-9,11-12,14-15H2,1H3. The number of nitrogens with zero attached hydrogens (tertiary/aromatic N) is 5. The van der Waals surface area contributed by atoms with Gasteiger partial charge in [0.05, 0.1) is 19.7 Å². The maximum atomic E-state index is 11.8. The molecule has 0 bridgehead atoms. The molecule has 0 unspecified atom stereocenters. The van der Waals surface area contributed by atoms with Crippen molar-refractivity contribution in [1.82, 2.24) is 24.2 Å². The molecule has 146 valence electrons. The smallest absolute Gasteiger partial charge is 0.307 e. The van der Waals surface area contributed by atoms with E-state index in [1.807, 2.05) is 29.9 Å². The predicted octanol–water partition coefficient (Wildman–Crippen LogP) is 2.95. The lowest BCUT2D eigenvalue weighted by Gasteiger charge is -2.21. The lowest BCUT2D eigenvalue weighted by Crippen LogP contribution is -2.29. The van der Waals surface area contributed by atoms with Crippen LogP contribution in [0, 0.1) is 4.77 Å². The number of carbonyl (C=O) groups is 1. The Bertz CT molecular complexity index is 802. The van der Waals surface area contributed by atoms with E-state index in [1.54, 1.807) is 6.20 Å². The summed E-state index contributed by atoms with van der Waals surface area (Å²) < 4.78 is 9.88. The number of esters is 1. The van der Waals surface area contributed by atoms with Gasteiger partial charge in [0.1, 0.15) is 5.82 Å². The number of rotatable bonds is 8. The number of ether oxygens (including phenoxy) is 1. The Morgan fingerprint density at radius 3 is 3.04 bits per heavy atom. The molecular weight excluding hydrogens is 362 g/mol. The minimum absolute atomic E-state index is 0.182. The van der Waals surface area contributed by atoms with E-state index in [1.165, 1.54) is 6.42 Å². The van der Waals surface area contributed by atoms with Crippen molar-refractivity contribution in [2.75, 3.05) is 13.2 Å². The molecule has 3 heterocycles. The monoisotopic (exact) mass is 389 g/mol. The highest BCUT2D eigenvalue weighted by Crippen LogP contribution is 2.15. The largest absolute Gasteiger partial charge is 0.466 e. The van der Waals surface area contributed by atoms with Crippen LogP contribution in [0.3, 0.4) is 0 Å². The van der Waals surface area contributed by atoms with Crippen molar-refractivity contribution in [2.45, 2.75) is 58.8 Å². The van der Waals surface area contributed by atoms with Crippen molar-refractivity contribution in [3.8, 4) is 0 Å². The summed E-state index contributed by atoms with van der Waals surface area (Å²) in [7, 11) is 0. The number of aryl methyl sites for hydroxylation is 1. The highest BCUT2D eigenvalue weighted by molar-refractivity contribution is 7.71. The van der Waals surface area contributed by atoms with Gasteiger partial charge in [0.2, 0.25) is 0 Å². The summed E-state index contributed by atoms with van der Waals surface area (Å²) in [6, 6.07) is 3.95. The van der Waals surface area contributed by atoms with E-state index in [2.05, 4.69) is 14.5 Å². The fourth-order valence-corrected chi connectivity index (χ4v) is 3.63. The molecule has 7 nitrogen and oxygen atoms in total. The Morgan fingerprint density at radius 1 is 1.37 bits per heavy atom. The van der Waals surface area contributed by atoms with Crippen molar-refractivity contribution in [1.29, 1.82) is 0 Å². The molecular formula is C19H27N5O2S. The van der Waals surface area contributed by atoms with Gasteiger partial charge in [-0.2, -0.15) is 5.10 Å². The second-order valence-corrected chi connectivity index (χ2v) is 7.14. The molecule has 1 aliphatic heterocycles. The first-order valence-corrected chi connectivity index (χ1v) is 10.0. The number of hydrogen-bond acceptors (Lipinski definition) is 6. The van der Waals surface area contributed by atoms with E-state index in [0.717, 1.165) is 42.0 Å². The lowest BCUT2D eigenvalue weighted by atomic mass is 10.2. The van der Waals surface area contributed by atoms with E-state index < -0.39 is 0 Å². The van der Waals surface area contributed by atoms with Crippen molar-refractivity contribution >= 4 is 18.2 Å². The van der Waals surface area contributed by atoms with Crippen LogP contribution in [-0.2, 0) is 35.7 Å². The fraction of sp³-hybridized carbons (Fsp3) is 0.579. The second kappa shape index (κ2) is 9.75. The third-order valence-corrected chi connectivity index (χ3v) is 5.11. The zero-order chi connectivity index (χ0) is 19.1. The third-order valence-electron chi connectivity index (χ3n) is 4.68. The second-order valence-electron chi connectivity index (χ2n) is 6.77. The molecule has 0 spiro atoms. The summed E-state index contributed by atoms with van der Waals surface area (Å²) >= 11 is 5.67. The zero-order valence-electron chi connectivity index (χ0n) is 15.8. The van der Waals surface area contributed by atoms with Gasteiger partial charge in [-0.25, -0.2) is 4.68 Å². The zero-order valence-corrected chi connectivity index (χ0v) is 16.7. The highest BCUT2D eigenvalue weighted by atomic mass is 32.1. The first-order chi connectivity index (χ1) is 13.2. The van der Waals surface area contributed by atoms with Crippen LogP contribution in [-0.4, -0.2) is 43.4 Å². The molecule has 0 amide bonds. The Kier molecular flexibility index (Phi) is 7.11. The molecule has 0 N–H and O–H groups in total. The minimum atomic E-state index is -0.182. The number of hydrogen-bond donors (Lipinski definition) is 0. The van der Waals surface area contributed by atoms with Crippen molar-refractivity contribution < 1.29 is 9.53 Å². The average Bonchev–Trinajstić information content (AvgIpc) is 2.84. The fourth-order valence-electron chi connectivity index (χ4n) is 3.34. The summed E-state index contributed by atoms with van der Waals surface area (Å²) in [6.07, 6.45) is 8.46. The maximum Gasteiger partial charge on any atom is 0.307 e. The van der Waals surface area contributed by atoms with E-state index in [9.17, 15) is 4.79 Å². The van der Waals surface area contributed by atoms with E-state index >= 15 is 0 Å². The van der Waals surface area contributed by atoms with Crippen LogP contribution in [0.1, 0.15) is 44.0 Å². The summed E-state index contributed by atoms with van der Waals surface area (Å²) in [6.45, 7) is 4.98. The summed E-state index contributed by atoms with van der Waals surface area (Å²) in [4.78, 5) is 18.2. The Hall–Kier alpha value is -2.06. The number of aromatic nitrogens is 4. The lowest BCUT2D eigenvalue weighted by molar-refractivity contribution is -0.143. The van der Waals surface area contributed by atoms with Gasteiger partial charge in [-0.1, -0.05) is 12.5 Å². The molecule has 27 heavy (non-hydrogen) atoms. The van der Waals surface area contributed by atoms with Crippen LogP contribution in [0.5, 0.6) is 0 Å². The molecule has 1 aliphatic rings. The number of pyridine rings is 1. The minimum Gasteiger partial charge on any atom is -0.466 e. The van der Waals surface area contributed by atoms with Gasteiger partial charge in [-0.3, -0.25) is 14.7 Å². The molecule has 0 saturated carbocycles. The van der Waals surface area contributed by atoms with E-state index in [4.69, 9.17) is 22.1 Å². The molecule has 3 rings (SSSR count). The quantitative estimate of drug-likeness (QED) is 0.511. The van der Waals surface area contributed by atoms with E-state index in [0.29, 0.717) is 32.8 Å². The Morgan fingerprint density at radius 2 is 2.26 bits per heavy atom. The van der Waals surface area contributed by atoms with Crippen LogP contribution >= 0.6 is 12.2 Å². The van der Waals surface area contributed by atoms with Crippen LogP contribution in [0.25, 0.3) is 0 Å². The molecule has 0 aliphatic carbocycles. The van der Waals surface area contributed by atoms with Crippen molar-refractivity contribution in [3.63, 3.8) is 0 Å². The SMILES string of the molecule is CCOC(=O)CCN(Cc1cccnc1)Cn1nc2n(c1=S)CCCCC2. The average molecular weight is 390 g/mol. The normalized spacial score (nSPS) is 14.0. The van der Waals surface area contributed by atoms with Gasteiger partial charge < -0.3 is 9.30 Å². The van der Waals surface area contributed by atoms with Gasteiger partial charge in [0.15, 0.2) is 4.77 Å². The molecule has 0 fully saturated rings. The molecule has 2 aromatic rings. The topological polar surface area (TPSA) is 65.2 Å². The summed E-state index contributed by atoms with van der Waals surface area (Å²) in [5.74, 6) is 0.891. The molecule has 0 saturated heterocycles. The highest BCUT2D eigenvalue weighted by Gasteiger charge is 2.16. The molecule has 0 aromatic carbocycles. The Balaban J connectivity index is 1.74. The third kappa shape index (κ3) is 5.46. The molecule has 2 aromatic heterocycles.